The number of fused-ring (bicyclic) bond motifs is 1. The van der Waals surface area contributed by atoms with Gasteiger partial charge in [-0.2, -0.15) is 0 Å². The molecule has 5 rings (SSSR count). The number of piperidine rings is 1. The highest BCUT2D eigenvalue weighted by atomic mass is 16.2. The van der Waals surface area contributed by atoms with Crippen molar-refractivity contribution in [3.05, 3.63) is 29.3 Å². The molecule has 0 spiro atoms. The summed E-state index contributed by atoms with van der Waals surface area (Å²) in [6.45, 7) is 4.45. The Morgan fingerprint density at radius 2 is 1.90 bits per heavy atom. The number of rotatable bonds is 5. The highest BCUT2D eigenvalue weighted by Crippen LogP contribution is 2.43. The first-order valence-corrected chi connectivity index (χ1v) is 12.2. The molecular formula is C25H37N3O. The molecule has 4 nitrogen and oxygen atoms in total. The molecule has 29 heavy (non-hydrogen) atoms. The molecule has 1 amide bonds. The largest absolute Gasteiger partial charge is 0.317 e. The summed E-state index contributed by atoms with van der Waals surface area (Å²) >= 11 is 0. The van der Waals surface area contributed by atoms with Crippen molar-refractivity contribution in [3.63, 3.8) is 0 Å². The van der Waals surface area contributed by atoms with Gasteiger partial charge < -0.3 is 15.5 Å². The summed E-state index contributed by atoms with van der Waals surface area (Å²) in [6.07, 6.45) is 12.1. The van der Waals surface area contributed by atoms with Crippen molar-refractivity contribution < 1.29 is 4.79 Å². The van der Waals surface area contributed by atoms with Crippen LogP contribution in [0.15, 0.2) is 18.2 Å². The van der Waals surface area contributed by atoms with E-state index in [0.717, 1.165) is 38.1 Å². The Labute approximate surface area is 175 Å². The second-order valence-electron chi connectivity index (χ2n) is 9.87. The van der Waals surface area contributed by atoms with E-state index in [9.17, 15) is 4.79 Å². The zero-order chi connectivity index (χ0) is 19.6. The van der Waals surface area contributed by atoms with Crippen molar-refractivity contribution in [1.82, 2.24) is 10.6 Å². The fraction of sp³-hybridized carbons (Fsp3) is 0.720. The Morgan fingerprint density at radius 3 is 2.72 bits per heavy atom. The third kappa shape index (κ3) is 4.39. The van der Waals surface area contributed by atoms with Crippen LogP contribution < -0.4 is 15.5 Å². The topological polar surface area (TPSA) is 44.4 Å². The van der Waals surface area contributed by atoms with Gasteiger partial charge in [0.2, 0.25) is 5.91 Å². The summed E-state index contributed by atoms with van der Waals surface area (Å²) in [5.41, 5.74) is 4.09. The number of hydrogen-bond donors (Lipinski definition) is 2. The zero-order valence-electron chi connectivity index (χ0n) is 17.8. The molecule has 158 valence electrons. The molecule has 0 aromatic heterocycles. The highest BCUT2D eigenvalue weighted by Gasteiger charge is 2.39. The van der Waals surface area contributed by atoms with Gasteiger partial charge in [0, 0.05) is 30.1 Å². The van der Waals surface area contributed by atoms with E-state index in [-0.39, 0.29) is 5.92 Å². The van der Waals surface area contributed by atoms with Crippen LogP contribution in [-0.4, -0.2) is 38.1 Å². The van der Waals surface area contributed by atoms with Crippen molar-refractivity contribution >= 4 is 11.6 Å². The lowest BCUT2D eigenvalue weighted by molar-refractivity contribution is -0.123. The summed E-state index contributed by atoms with van der Waals surface area (Å²) in [5, 5.41) is 7.29. The highest BCUT2D eigenvalue weighted by molar-refractivity contribution is 5.96. The minimum absolute atomic E-state index is 0.265. The lowest BCUT2D eigenvalue weighted by atomic mass is 9.87. The van der Waals surface area contributed by atoms with Gasteiger partial charge in [-0.05, 0) is 87.7 Å². The van der Waals surface area contributed by atoms with Gasteiger partial charge >= 0.3 is 0 Å². The Kier molecular flexibility index (Phi) is 5.92. The van der Waals surface area contributed by atoms with Crippen molar-refractivity contribution in [2.45, 2.75) is 76.2 Å². The molecule has 4 aliphatic rings. The van der Waals surface area contributed by atoms with Gasteiger partial charge in [0.1, 0.15) is 0 Å². The first kappa shape index (κ1) is 19.6. The number of amides is 1. The molecule has 2 aliphatic carbocycles. The van der Waals surface area contributed by atoms with Crippen LogP contribution in [0.4, 0.5) is 5.69 Å². The van der Waals surface area contributed by atoms with E-state index >= 15 is 0 Å². The Hall–Kier alpha value is -1.39. The van der Waals surface area contributed by atoms with E-state index in [1.54, 1.807) is 0 Å². The molecule has 1 saturated heterocycles. The van der Waals surface area contributed by atoms with Crippen LogP contribution in [0.25, 0.3) is 0 Å². The maximum absolute atomic E-state index is 13.1. The maximum atomic E-state index is 13.1. The number of hydrogen-bond acceptors (Lipinski definition) is 3. The van der Waals surface area contributed by atoms with Gasteiger partial charge in [-0.3, -0.25) is 4.79 Å². The molecule has 3 fully saturated rings. The molecule has 2 atom stereocenters. The molecule has 4 heteroatoms. The standard InChI is InChI=1S/C25H37N3O/c29-25(19-5-2-1-3-6-19)28-14-4-7-21-15-20(8-9-24(21)28)22-16-23(22)27-17-18-10-12-26-13-11-18/h8-9,15,18-19,22-23,26-27H,1-7,10-14,16-17H2. The fourth-order valence-corrected chi connectivity index (χ4v) is 5.84. The molecule has 2 saturated carbocycles. The van der Waals surface area contributed by atoms with Crippen LogP contribution in [0.5, 0.6) is 0 Å². The van der Waals surface area contributed by atoms with E-state index in [1.807, 2.05) is 0 Å². The molecule has 0 radical (unpaired) electrons. The predicted molar refractivity (Wildman–Crippen MR) is 118 cm³/mol. The number of benzene rings is 1. The second-order valence-corrected chi connectivity index (χ2v) is 9.87. The Bertz CT molecular complexity index is 721. The van der Waals surface area contributed by atoms with Crippen LogP contribution in [0, 0.1) is 11.8 Å². The third-order valence-corrected chi connectivity index (χ3v) is 7.79. The molecule has 1 aromatic carbocycles. The van der Waals surface area contributed by atoms with E-state index in [2.05, 4.69) is 33.7 Å². The molecule has 2 unspecified atom stereocenters. The Balaban J connectivity index is 1.21. The van der Waals surface area contributed by atoms with Gasteiger partial charge in [0.05, 0.1) is 0 Å². The number of nitrogens with one attached hydrogen (secondary N) is 2. The predicted octanol–water partition coefficient (Wildman–Crippen LogP) is 3.99. The van der Waals surface area contributed by atoms with Crippen molar-refractivity contribution in [3.8, 4) is 0 Å². The number of anilines is 1. The lowest BCUT2D eigenvalue weighted by Gasteiger charge is -2.34. The van der Waals surface area contributed by atoms with Crippen LogP contribution >= 0.6 is 0 Å². The summed E-state index contributed by atoms with van der Waals surface area (Å²) in [7, 11) is 0. The average Bonchev–Trinajstić information content (AvgIpc) is 3.57. The van der Waals surface area contributed by atoms with Gasteiger partial charge in [-0.25, -0.2) is 0 Å². The lowest BCUT2D eigenvalue weighted by Crippen LogP contribution is -2.40. The van der Waals surface area contributed by atoms with Gasteiger partial charge in [-0.1, -0.05) is 31.4 Å². The quantitative estimate of drug-likeness (QED) is 0.792. The molecule has 2 heterocycles. The normalized spacial score (nSPS) is 28.2. The van der Waals surface area contributed by atoms with Crippen molar-refractivity contribution in [2.24, 2.45) is 11.8 Å². The summed E-state index contributed by atoms with van der Waals surface area (Å²) in [5.74, 6) is 2.18. The molecular weight excluding hydrogens is 358 g/mol. The van der Waals surface area contributed by atoms with Crippen LogP contribution in [0.2, 0.25) is 0 Å². The minimum atomic E-state index is 0.265. The number of aryl methyl sites for hydroxylation is 1. The first-order chi connectivity index (χ1) is 14.3. The SMILES string of the molecule is O=C(C1CCCCC1)N1CCCc2cc(C3CC3NCC3CCNCC3)ccc21. The maximum Gasteiger partial charge on any atom is 0.230 e. The van der Waals surface area contributed by atoms with Gasteiger partial charge in [0.25, 0.3) is 0 Å². The number of nitrogens with zero attached hydrogens (tertiary/aromatic N) is 1. The molecule has 0 bridgehead atoms. The van der Waals surface area contributed by atoms with E-state index < -0.39 is 0 Å². The smallest absolute Gasteiger partial charge is 0.230 e. The first-order valence-electron chi connectivity index (χ1n) is 12.2. The van der Waals surface area contributed by atoms with Crippen molar-refractivity contribution in [2.75, 3.05) is 31.1 Å². The second kappa shape index (κ2) is 8.77. The van der Waals surface area contributed by atoms with Crippen LogP contribution in [0.1, 0.15) is 74.8 Å². The number of carbonyl (C=O) groups is 1. The number of carbonyl (C=O) groups excluding carboxylic acids is 1. The summed E-state index contributed by atoms with van der Waals surface area (Å²) in [6, 6.07) is 7.65. The van der Waals surface area contributed by atoms with E-state index in [1.165, 1.54) is 75.0 Å². The average molecular weight is 396 g/mol. The third-order valence-electron chi connectivity index (χ3n) is 7.79. The Morgan fingerprint density at radius 1 is 1.07 bits per heavy atom. The van der Waals surface area contributed by atoms with E-state index in [4.69, 9.17) is 0 Å². The van der Waals surface area contributed by atoms with Crippen LogP contribution in [-0.2, 0) is 11.2 Å². The summed E-state index contributed by atoms with van der Waals surface area (Å²) in [4.78, 5) is 15.3. The minimum Gasteiger partial charge on any atom is -0.317 e. The molecule has 1 aromatic rings. The molecule has 2 aliphatic heterocycles. The molecule has 2 N–H and O–H groups in total. The van der Waals surface area contributed by atoms with Crippen molar-refractivity contribution in [1.29, 1.82) is 0 Å². The van der Waals surface area contributed by atoms with Gasteiger partial charge in [-0.15, -0.1) is 0 Å². The van der Waals surface area contributed by atoms with Gasteiger partial charge in [0.15, 0.2) is 0 Å². The zero-order valence-corrected chi connectivity index (χ0v) is 17.8. The monoisotopic (exact) mass is 395 g/mol. The van der Waals surface area contributed by atoms with Crippen LogP contribution in [0.3, 0.4) is 0 Å². The van der Waals surface area contributed by atoms with E-state index in [0.29, 0.717) is 17.9 Å². The fourth-order valence-electron chi connectivity index (χ4n) is 5.84. The summed E-state index contributed by atoms with van der Waals surface area (Å²) < 4.78 is 0.